The van der Waals surface area contributed by atoms with Gasteiger partial charge in [0, 0.05) is 0 Å². The van der Waals surface area contributed by atoms with Crippen LogP contribution in [0.1, 0.15) is 52.4 Å². The third-order valence-electron chi connectivity index (χ3n) is 3.14. The minimum atomic E-state index is -1.03. The van der Waals surface area contributed by atoms with Crippen LogP contribution in [-0.2, 0) is 14.3 Å². The molecule has 0 aliphatic carbocycles. The van der Waals surface area contributed by atoms with Crippen LogP contribution in [0, 0.1) is 5.92 Å². The van der Waals surface area contributed by atoms with Gasteiger partial charge in [-0.25, -0.2) is 4.79 Å². The molecule has 4 heteroatoms. The van der Waals surface area contributed by atoms with E-state index in [-0.39, 0.29) is 5.57 Å². The lowest BCUT2D eigenvalue weighted by atomic mass is 10.0. The Morgan fingerprint density at radius 1 is 1.20 bits per heavy atom. The van der Waals surface area contributed by atoms with Crippen molar-refractivity contribution in [3.05, 3.63) is 23.8 Å². The Labute approximate surface area is 121 Å². The number of hydrogen-bond acceptors (Lipinski definition) is 3. The maximum Gasteiger partial charge on any atom is 0.334 e. The second-order valence-electron chi connectivity index (χ2n) is 4.80. The van der Waals surface area contributed by atoms with Gasteiger partial charge in [-0.1, -0.05) is 50.8 Å². The van der Waals surface area contributed by atoms with Crippen molar-refractivity contribution in [2.45, 2.75) is 52.4 Å². The molecule has 0 amide bonds. The molecule has 1 atom stereocenters. The summed E-state index contributed by atoms with van der Waals surface area (Å²) >= 11 is 0. The summed E-state index contributed by atoms with van der Waals surface area (Å²) < 4.78 is 4.60. The third-order valence-corrected chi connectivity index (χ3v) is 3.14. The number of methoxy groups -OCH3 is 1. The fraction of sp³-hybridized carbons (Fsp3) is 0.625. The molecule has 114 valence electrons. The molecule has 20 heavy (non-hydrogen) atoms. The van der Waals surface area contributed by atoms with Crippen LogP contribution in [0.3, 0.4) is 0 Å². The van der Waals surface area contributed by atoms with Crippen molar-refractivity contribution in [3.8, 4) is 0 Å². The third kappa shape index (κ3) is 7.77. The highest BCUT2D eigenvalue weighted by atomic mass is 16.5. The van der Waals surface area contributed by atoms with Crippen LogP contribution >= 0.6 is 0 Å². The summed E-state index contributed by atoms with van der Waals surface area (Å²) in [6, 6.07) is 0. The van der Waals surface area contributed by atoms with Crippen LogP contribution in [0.25, 0.3) is 0 Å². The van der Waals surface area contributed by atoms with Gasteiger partial charge in [0.05, 0.1) is 18.6 Å². The minimum Gasteiger partial charge on any atom is -0.481 e. The molecule has 1 N–H and O–H groups in total. The highest BCUT2D eigenvalue weighted by molar-refractivity contribution is 5.95. The first-order valence-electron chi connectivity index (χ1n) is 7.22. The van der Waals surface area contributed by atoms with E-state index in [1.54, 1.807) is 6.08 Å². The van der Waals surface area contributed by atoms with E-state index in [2.05, 4.69) is 11.7 Å². The lowest BCUT2D eigenvalue weighted by molar-refractivity contribution is -0.144. The van der Waals surface area contributed by atoms with E-state index in [1.165, 1.54) is 45.8 Å². The molecule has 0 heterocycles. The zero-order chi connectivity index (χ0) is 15.4. The van der Waals surface area contributed by atoms with Gasteiger partial charge >= 0.3 is 11.9 Å². The predicted molar refractivity (Wildman–Crippen MR) is 79.4 cm³/mol. The Bertz CT molecular complexity index is 355. The first-order valence-corrected chi connectivity index (χ1v) is 7.22. The maximum absolute atomic E-state index is 11.5. The molecular weight excluding hydrogens is 256 g/mol. The molecule has 0 fully saturated rings. The topological polar surface area (TPSA) is 63.6 Å². The normalized spacial score (nSPS) is 13.4. The van der Waals surface area contributed by atoms with Crippen LogP contribution in [-0.4, -0.2) is 24.2 Å². The molecule has 0 saturated carbocycles. The van der Waals surface area contributed by atoms with Crippen LogP contribution in [0.2, 0.25) is 0 Å². The number of aliphatic carboxylic acids is 1. The SMILES string of the molecule is CCCCCCCC=CC=C(C(=O)OC)C(C)C(=O)O. The minimum absolute atomic E-state index is 0.169. The first kappa shape index (κ1) is 18.4. The van der Waals surface area contributed by atoms with Gasteiger partial charge in [-0.2, -0.15) is 0 Å². The van der Waals surface area contributed by atoms with Crippen LogP contribution < -0.4 is 0 Å². The second-order valence-corrected chi connectivity index (χ2v) is 4.80. The van der Waals surface area contributed by atoms with Crippen LogP contribution in [0.5, 0.6) is 0 Å². The average molecular weight is 282 g/mol. The van der Waals surface area contributed by atoms with Gasteiger partial charge in [-0.05, 0) is 19.8 Å². The number of unbranched alkanes of at least 4 members (excludes halogenated alkanes) is 5. The summed E-state index contributed by atoms with van der Waals surface area (Å²) in [7, 11) is 1.25. The van der Waals surface area contributed by atoms with E-state index >= 15 is 0 Å². The highest BCUT2D eigenvalue weighted by Crippen LogP contribution is 2.13. The number of hydrogen-bond donors (Lipinski definition) is 1. The predicted octanol–water partition coefficient (Wildman–Crippen LogP) is 3.72. The fourth-order valence-electron chi connectivity index (χ4n) is 1.77. The van der Waals surface area contributed by atoms with Crippen LogP contribution in [0.4, 0.5) is 0 Å². The summed E-state index contributed by atoms with van der Waals surface area (Å²) in [5.41, 5.74) is 0.169. The molecule has 0 saturated heterocycles. The van der Waals surface area contributed by atoms with Crippen molar-refractivity contribution in [1.82, 2.24) is 0 Å². The van der Waals surface area contributed by atoms with E-state index in [0.29, 0.717) is 0 Å². The van der Waals surface area contributed by atoms with Crippen LogP contribution in [0.15, 0.2) is 23.8 Å². The number of carbonyl (C=O) groups excluding carboxylic acids is 1. The van der Waals surface area contributed by atoms with Gasteiger partial charge in [0.2, 0.25) is 0 Å². The maximum atomic E-state index is 11.5. The molecule has 0 spiro atoms. The number of rotatable bonds is 10. The summed E-state index contributed by atoms with van der Waals surface area (Å²) in [5.74, 6) is -2.49. The monoisotopic (exact) mass is 282 g/mol. The molecule has 0 radical (unpaired) electrons. The Morgan fingerprint density at radius 2 is 1.85 bits per heavy atom. The number of ether oxygens (including phenoxy) is 1. The van der Waals surface area contributed by atoms with Crippen molar-refractivity contribution in [1.29, 1.82) is 0 Å². The van der Waals surface area contributed by atoms with Gasteiger partial charge in [0.15, 0.2) is 0 Å². The van der Waals surface area contributed by atoms with E-state index in [1.807, 2.05) is 6.08 Å². The van der Waals surface area contributed by atoms with Crippen molar-refractivity contribution in [2.75, 3.05) is 7.11 Å². The van der Waals surface area contributed by atoms with Crippen molar-refractivity contribution < 1.29 is 19.4 Å². The molecule has 1 unspecified atom stereocenters. The van der Waals surface area contributed by atoms with E-state index in [0.717, 1.165) is 12.8 Å². The number of carboxylic acids is 1. The number of esters is 1. The zero-order valence-corrected chi connectivity index (χ0v) is 12.7. The van der Waals surface area contributed by atoms with Gasteiger partial charge in [0.25, 0.3) is 0 Å². The molecular formula is C16H26O4. The quantitative estimate of drug-likeness (QED) is 0.287. The molecule has 0 aliphatic heterocycles. The first-order chi connectivity index (χ1) is 9.54. The number of carbonyl (C=O) groups is 2. The molecule has 0 bridgehead atoms. The number of allylic oxidation sites excluding steroid dienone is 3. The summed E-state index contributed by atoms with van der Waals surface area (Å²) in [5, 5.41) is 8.95. The molecule has 0 aromatic heterocycles. The summed E-state index contributed by atoms with van der Waals surface area (Å²) in [4.78, 5) is 22.4. The van der Waals surface area contributed by atoms with E-state index in [9.17, 15) is 9.59 Å². The van der Waals surface area contributed by atoms with Gasteiger partial charge in [0.1, 0.15) is 0 Å². The average Bonchev–Trinajstić information content (AvgIpc) is 2.44. The van der Waals surface area contributed by atoms with E-state index < -0.39 is 17.9 Å². The van der Waals surface area contributed by atoms with Crippen molar-refractivity contribution in [2.24, 2.45) is 5.92 Å². The van der Waals surface area contributed by atoms with Gasteiger partial charge in [-0.15, -0.1) is 0 Å². The largest absolute Gasteiger partial charge is 0.481 e. The fourth-order valence-corrected chi connectivity index (χ4v) is 1.77. The lowest BCUT2D eigenvalue weighted by Gasteiger charge is -2.08. The van der Waals surface area contributed by atoms with Crippen molar-refractivity contribution in [3.63, 3.8) is 0 Å². The Balaban J connectivity index is 4.32. The molecule has 0 aromatic carbocycles. The van der Waals surface area contributed by atoms with Crippen molar-refractivity contribution >= 4 is 11.9 Å². The second kappa shape index (κ2) is 11.3. The van der Waals surface area contributed by atoms with Gasteiger partial charge < -0.3 is 9.84 Å². The smallest absolute Gasteiger partial charge is 0.334 e. The molecule has 0 aromatic rings. The standard InChI is InChI=1S/C16H26O4/c1-4-5-6-7-8-9-10-11-12-14(16(19)20-3)13(2)15(17)18/h10-13H,4-9H2,1-3H3,(H,17,18). The highest BCUT2D eigenvalue weighted by Gasteiger charge is 2.22. The Hall–Kier alpha value is -1.58. The van der Waals surface area contributed by atoms with Gasteiger partial charge in [-0.3, -0.25) is 4.79 Å². The molecule has 4 nitrogen and oxygen atoms in total. The summed E-state index contributed by atoms with van der Waals surface area (Å²) in [6.07, 6.45) is 12.3. The number of carboxylic acid groups (broad SMARTS) is 1. The Morgan fingerprint density at radius 3 is 2.40 bits per heavy atom. The Kier molecular flexibility index (Phi) is 10.4. The molecule has 0 rings (SSSR count). The lowest BCUT2D eigenvalue weighted by Crippen LogP contribution is -2.19. The van der Waals surface area contributed by atoms with E-state index in [4.69, 9.17) is 5.11 Å². The zero-order valence-electron chi connectivity index (χ0n) is 12.7. The summed E-state index contributed by atoms with van der Waals surface area (Å²) in [6.45, 7) is 3.66. The molecule has 0 aliphatic rings.